The molecule has 2 aromatic carbocycles. The number of H-pyrrole nitrogens is 1. The number of hydrogen-bond donors (Lipinski definition) is 2. The Balaban J connectivity index is 1.91. The van der Waals surface area contributed by atoms with E-state index in [4.69, 9.17) is 17.3 Å². The van der Waals surface area contributed by atoms with Gasteiger partial charge in [-0.25, -0.2) is 4.98 Å². The van der Waals surface area contributed by atoms with E-state index in [1.807, 2.05) is 24.3 Å². The maximum Gasteiger partial charge on any atom is 0.280 e. The first-order chi connectivity index (χ1) is 12.2. The Bertz CT molecular complexity index is 887. The van der Waals surface area contributed by atoms with E-state index < -0.39 is 0 Å². The van der Waals surface area contributed by atoms with Gasteiger partial charge in [0.15, 0.2) is 0 Å². The molecule has 0 radical (unpaired) electrons. The number of nitrogens with one attached hydrogen (secondary N) is 2. The molecule has 0 aliphatic carbocycles. The Morgan fingerprint density at radius 1 is 1.00 bits per heavy atom. The first kappa shape index (κ1) is 16.4. The van der Waals surface area contributed by atoms with Gasteiger partial charge in [0.2, 0.25) is 0 Å². The van der Waals surface area contributed by atoms with Crippen LogP contribution in [-0.4, -0.2) is 13.1 Å². The van der Waals surface area contributed by atoms with Gasteiger partial charge in [-0.05, 0) is 43.0 Å². The topological polar surface area (TPSA) is 44.6 Å². The lowest BCUT2D eigenvalue weighted by molar-refractivity contribution is -0.918. The lowest BCUT2D eigenvalue weighted by Gasteiger charge is -2.24. The fourth-order valence-electron chi connectivity index (χ4n) is 3.95. The number of aromatic amines is 1. The molecule has 1 aliphatic heterocycles. The van der Waals surface area contributed by atoms with Crippen molar-refractivity contribution in [3.05, 3.63) is 59.1 Å². The fraction of sp³-hybridized carbons (Fsp3) is 0.286. The van der Waals surface area contributed by atoms with Crippen molar-refractivity contribution >= 4 is 28.3 Å². The molecule has 0 amide bonds. The van der Waals surface area contributed by atoms with Gasteiger partial charge >= 0.3 is 0 Å². The minimum atomic E-state index is 0.749. The van der Waals surface area contributed by atoms with E-state index in [0.717, 1.165) is 28.3 Å². The van der Waals surface area contributed by atoms with Gasteiger partial charge in [0, 0.05) is 16.0 Å². The van der Waals surface area contributed by atoms with Crippen LogP contribution in [0.4, 0.5) is 5.82 Å². The van der Waals surface area contributed by atoms with Crippen LogP contribution in [0.2, 0.25) is 5.02 Å². The first-order valence-electron chi connectivity index (χ1n) is 9.04. The highest BCUT2D eigenvalue weighted by Gasteiger charge is 2.24. The van der Waals surface area contributed by atoms with Gasteiger partial charge in [0.1, 0.15) is 17.6 Å². The minimum Gasteiger partial charge on any atom is -0.331 e. The Morgan fingerprint density at radius 3 is 2.52 bits per heavy atom. The molecule has 4 N–H and O–H groups in total. The normalized spacial score (nSPS) is 15.6. The number of anilines is 1. The highest BCUT2D eigenvalue weighted by atomic mass is 35.5. The molecule has 2 heterocycles. The third-order valence-electron chi connectivity index (χ3n) is 5.20. The van der Waals surface area contributed by atoms with Crippen LogP contribution in [0.3, 0.4) is 0 Å². The van der Waals surface area contributed by atoms with Gasteiger partial charge in [-0.3, -0.25) is 5.73 Å². The summed E-state index contributed by atoms with van der Waals surface area (Å²) in [6, 6.07) is 16.5. The fourth-order valence-corrected chi connectivity index (χ4v) is 4.12. The van der Waals surface area contributed by atoms with Crippen LogP contribution in [0, 0.1) is 0 Å². The zero-order chi connectivity index (χ0) is 17.2. The standard InChI is InChI=1S/C21H22ClN3/c22-16-9-10-19-17(13-16)20(15-7-3-1-4-8-15)18(21(23)24-19)14-25-11-5-2-6-12-25/h1,3-4,7-10,13H,2,5-6,11-12,14H2,(H2,23,24)/p+2. The van der Waals surface area contributed by atoms with E-state index in [1.54, 1.807) is 4.90 Å². The second-order valence-electron chi connectivity index (χ2n) is 6.94. The van der Waals surface area contributed by atoms with Crippen LogP contribution in [0.15, 0.2) is 48.5 Å². The van der Waals surface area contributed by atoms with Crippen LogP contribution >= 0.6 is 11.6 Å². The van der Waals surface area contributed by atoms with Crippen molar-refractivity contribution in [1.82, 2.24) is 0 Å². The molecule has 1 fully saturated rings. The largest absolute Gasteiger partial charge is 0.331 e. The molecule has 25 heavy (non-hydrogen) atoms. The van der Waals surface area contributed by atoms with Crippen LogP contribution in [-0.2, 0) is 6.54 Å². The predicted molar refractivity (Wildman–Crippen MR) is 104 cm³/mol. The summed E-state index contributed by atoms with van der Waals surface area (Å²) in [6.07, 6.45) is 3.96. The molecule has 1 aromatic heterocycles. The molecule has 1 aliphatic rings. The number of piperidine rings is 1. The Morgan fingerprint density at radius 2 is 1.76 bits per heavy atom. The van der Waals surface area contributed by atoms with Crippen molar-refractivity contribution in [3.8, 4) is 11.1 Å². The number of hydrogen-bond acceptors (Lipinski definition) is 1. The number of nitrogen functional groups attached to an aromatic ring is 1. The number of likely N-dealkylation sites (tertiary alicyclic amines) is 1. The van der Waals surface area contributed by atoms with Crippen molar-refractivity contribution < 1.29 is 9.88 Å². The van der Waals surface area contributed by atoms with Crippen molar-refractivity contribution in [3.63, 3.8) is 0 Å². The van der Waals surface area contributed by atoms with Gasteiger partial charge in [-0.2, -0.15) is 0 Å². The third kappa shape index (κ3) is 3.35. The summed E-state index contributed by atoms with van der Waals surface area (Å²) in [4.78, 5) is 5.01. The average Bonchev–Trinajstić information content (AvgIpc) is 2.64. The zero-order valence-electron chi connectivity index (χ0n) is 14.3. The molecule has 1 saturated heterocycles. The minimum absolute atomic E-state index is 0.749. The Labute approximate surface area is 153 Å². The number of fused-ring (bicyclic) bond motifs is 1. The van der Waals surface area contributed by atoms with E-state index in [9.17, 15) is 0 Å². The van der Waals surface area contributed by atoms with Gasteiger partial charge < -0.3 is 4.90 Å². The van der Waals surface area contributed by atoms with E-state index >= 15 is 0 Å². The smallest absolute Gasteiger partial charge is 0.280 e. The van der Waals surface area contributed by atoms with Crippen LogP contribution in [0.5, 0.6) is 0 Å². The van der Waals surface area contributed by atoms with Crippen molar-refractivity contribution in [2.24, 2.45) is 0 Å². The second kappa shape index (κ2) is 7.03. The highest BCUT2D eigenvalue weighted by Crippen LogP contribution is 2.33. The monoisotopic (exact) mass is 353 g/mol. The van der Waals surface area contributed by atoms with Crippen LogP contribution in [0.25, 0.3) is 22.0 Å². The number of halogens is 1. The number of benzene rings is 2. The van der Waals surface area contributed by atoms with E-state index in [0.29, 0.717) is 0 Å². The number of aromatic nitrogens is 1. The zero-order valence-corrected chi connectivity index (χ0v) is 15.1. The summed E-state index contributed by atoms with van der Waals surface area (Å²) in [5.41, 5.74) is 11.1. The molecular weight excluding hydrogens is 330 g/mol. The Hall–Kier alpha value is -2.10. The molecule has 0 atom stereocenters. The summed E-state index contributed by atoms with van der Waals surface area (Å²) in [7, 11) is 0. The molecule has 4 rings (SSSR count). The molecule has 0 unspecified atom stereocenters. The summed E-state index contributed by atoms with van der Waals surface area (Å²) in [6.45, 7) is 3.40. The SMILES string of the molecule is Nc1[nH+]c2ccc(Cl)cc2c(-c2ccccc2)c1C[NH+]1CCCCC1. The molecule has 0 bridgehead atoms. The van der Waals surface area contributed by atoms with Gasteiger partial charge in [-0.1, -0.05) is 41.9 Å². The molecular formula is C21H24ClN3+2. The molecule has 0 spiro atoms. The van der Waals surface area contributed by atoms with Crippen molar-refractivity contribution in [2.75, 3.05) is 18.8 Å². The maximum absolute atomic E-state index is 6.48. The first-order valence-corrected chi connectivity index (χ1v) is 9.42. The lowest BCUT2D eigenvalue weighted by Crippen LogP contribution is -3.11. The molecule has 4 heteroatoms. The van der Waals surface area contributed by atoms with Gasteiger partial charge in [-0.15, -0.1) is 0 Å². The number of pyridine rings is 1. The summed E-state index contributed by atoms with van der Waals surface area (Å²) in [5, 5.41) is 1.89. The highest BCUT2D eigenvalue weighted by molar-refractivity contribution is 6.31. The molecule has 3 aromatic rings. The maximum atomic E-state index is 6.48. The van der Waals surface area contributed by atoms with Crippen LogP contribution in [0.1, 0.15) is 24.8 Å². The average molecular weight is 354 g/mol. The van der Waals surface area contributed by atoms with Gasteiger partial charge in [0.05, 0.1) is 13.1 Å². The van der Waals surface area contributed by atoms with Crippen molar-refractivity contribution in [1.29, 1.82) is 0 Å². The third-order valence-corrected chi connectivity index (χ3v) is 5.43. The summed E-state index contributed by atoms with van der Waals surface area (Å²) >= 11 is 6.31. The predicted octanol–water partition coefficient (Wildman–Crippen LogP) is 3.13. The summed E-state index contributed by atoms with van der Waals surface area (Å²) < 4.78 is 0. The lowest BCUT2D eigenvalue weighted by atomic mass is 9.95. The molecule has 128 valence electrons. The van der Waals surface area contributed by atoms with Crippen molar-refractivity contribution in [2.45, 2.75) is 25.8 Å². The quantitative estimate of drug-likeness (QED) is 0.746. The molecule has 3 nitrogen and oxygen atoms in total. The summed E-state index contributed by atoms with van der Waals surface area (Å²) in [5.74, 6) is 0.770. The van der Waals surface area contributed by atoms with E-state index in [1.165, 1.54) is 49.0 Å². The number of quaternary nitrogens is 1. The van der Waals surface area contributed by atoms with Crippen LogP contribution < -0.4 is 15.6 Å². The molecule has 0 saturated carbocycles. The van der Waals surface area contributed by atoms with E-state index in [2.05, 4.69) is 29.2 Å². The Kier molecular flexibility index (Phi) is 4.60. The number of nitrogens with two attached hydrogens (primary N) is 1. The number of rotatable bonds is 3. The second-order valence-corrected chi connectivity index (χ2v) is 7.37. The van der Waals surface area contributed by atoms with E-state index in [-0.39, 0.29) is 0 Å². The van der Waals surface area contributed by atoms with Gasteiger partial charge in [0.25, 0.3) is 5.82 Å².